The van der Waals surface area contributed by atoms with Crippen molar-refractivity contribution in [2.24, 2.45) is 5.92 Å². The topological polar surface area (TPSA) is 105 Å². The molecule has 0 unspecified atom stereocenters. The Morgan fingerprint density at radius 1 is 1.21 bits per heavy atom. The van der Waals surface area contributed by atoms with Gasteiger partial charge in [-0.1, -0.05) is 19.1 Å². The molecule has 1 N–H and O–H groups in total. The Hall–Kier alpha value is -3.98. The van der Waals surface area contributed by atoms with Gasteiger partial charge in [0.1, 0.15) is 17.4 Å². The zero-order valence-electron chi connectivity index (χ0n) is 22.2. The summed E-state index contributed by atoms with van der Waals surface area (Å²) < 4.78 is 11.6. The first-order valence-electron chi connectivity index (χ1n) is 12.7. The molecule has 9 heteroatoms. The highest BCUT2D eigenvalue weighted by atomic mass is 16.5. The average Bonchev–Trinajstić information content (AvgIpc) is 2.94. The van der Waals surface area contributed by atoms with Crippen molar-refractivity contribution in [3.8, 4) is 22.8 Å². The third-order valence-electron chi connectivity index (χ3n) is 6.93. The summed E-state index contributed by atoms with van der Waals surface area (Å²) in [4.78, 5) is 38.5. The number of carbonyl (C=O) groups excluding carboxylic acids is 2. The number of likely N-dealkylation sites (N-methyl/N-ethyl adjacent to an activating group) is 1. The van der Waals surface area contributed by atoms with Crippen molar-refractivity contribution in [2.75, 3.05) is 33.9 Å². The van der Waals surface area contributed by atoms with Crippen LogP contribution in [0.2, 0.25) is 0 Å². The average molecular weight is 519 g/mol. The van der Waals surface area contributed by atoms with Gasteiger partial charge in [-0.15, -0.1) is 0 Å². The summed E-state index contributed by atoms with van der Waals surface area (Å²) in [5.41, 5.74) is 2.84. The minimum absolute atomic E-state index is 0.0474. The van der Waals surface area contributed by atoms with Crippen LogP contribution in [0.25, 0.3) is 11.1 Å². The molecule has 0 bridgehead atoms. The van der Waals surface area contributed by atoms with Crippen molar-refractivity contribution in [1.82, 2.24) is 19.8 Å². The molecule has 1 aliphatic rings. The summed E-state index contributed by atoms with van der Waals surface area (Å²) in [6.07, 6.45) is 4.85. The standard InChI is InChI=1S/C29H34N4O5/c1-19-16-33(20(2)18-34)29(36)25-14-23(22-5-7-24(37-4)8-6-22)15-31-28(25)38-26(19)17-32(3)27(35)13-21-9-11-30-12-10-21/h5-12,14-15,19-20,26,34H,13,16-18H2,1-4H3/t19-,20+,26-/m0/s1. The first-order valence-corrected chi connectivity index (χ1v) is 12.7. The van der Waals surface area contributed by atoms with Gasteiger partial charge in [0, 0.05) is 43.7 Å². The van der Waals surface area contributed by atoms with Gasteiger partial charge in [-0.25, -0.2) is 4.98 Å². The molecular weight excluding hydrogens is 484 g/mol. The molecule has 0 saturated carbocycles. The highest BCUT2D eigenvalue weighted by Gasteiger charge is 2.34. The van der Waals surface area contributed by atoms with Gasteiger partial charge < -0.3 is 24.4 Å². The first kappa shape index (κ1) is 27.1. The number of fused-ring (bicyclic) bond motifs is 1. The third kappa shape index (κ3) is 6.11. The fraction of sp³-hybridized carbons (Fsp3) is 0.379. The van der Waals surface area contributed by atoms with Crippen LogP contribution in [-0.2, 0) is 11.2 Å². The van der Waals surface area contributed by atoms with Gasteiger partial charge >= 0.3 is 0 Å². The van der Waals surface area contributed by atoms with Crippen molar-refractivity contribution in [3.63, 3.8) is 0 Å². The van der Waals surface area contributed by atoms with Gasteiger partial charge in [0.15, 0.2) is 0 Å². The van der Waals surface area contributed by atoms with Crippen LogP contribution in [0.15, 0.2) is 61.1 Å². The maximum atomic E-state index is 13.7. The lowest BCUT2D eigenvalue weighted by atomic mass is 9.99. The van der Waals surface area contributed by atoms with E-state index in [0.717, 1.165) is 22.4 Å². The summed E-state index contributed by atoms with van der Waals surface area (Å²) in [5, 5.41) is 9.90. The van der Waals surface area contributed by atoms with Gasteiger partial charge in [-0.05, 0) is 48.4 Å². The zero-order valence-corrected chi connectivity index (χ0v) is 22.2. The number of aromatic nitrogens is 2. The van der Waals surface area contributed by atoms with Crippen LogP contribution in [0.5, 0.6) is 11.6 Å². The van der Waals surface area contributed by atoms with E-state index in [1.54, 1.807) is 48.6 Å². The molecule has 0 aliphatic carbocycles. The van der Waals surface area contributed by atoms with Crippen LogP contribution in [0.1, 0.15) is 29.8 Å². The van der Waals surface area contributed by atoms with E-state index < -0.39 is 12.1 Å². The number of rotatable bonds is 8. The van der Waals surface area contributed by atoms with Crippen molar-refractivity contribution in [1.29, 1.82) is 0 Å². The Balaban J connectivity index is 1.63. The van der Waals surface area contributed by atoms with E-state index >= 15 is 0 Å². The predicted octanol–water partition coefficient (Wildman–Crippen LogP) is 3.07. The molecule has 0 fully saturated rings. The monoisotopic (exact) mass is 518 g/mol. The molecule has 0 saturated heterocycles. The second kappa shape index (κ2) is 12.0. The molecule has 200 valence electrons. The summed E-state index contributed by atoms with van der Waals surface area (Å²) in [6, 6.07) is 12.5. The Bertz CT molecular complexity index is 1250. The second-order valence-corrected chi connectivity index (χ2v) is 9.73. The Labute approximate surface area is 223 Å². The van der Waals surface area contributed by atoms with Gasteiger partial charge in [0.25, 0.3) is 5.91 Å². The highest BCUT2D eigenvalue weighted by Crippen LogP contribution is 2.31. The van der Waals surface area contributed by atoms with Crippen LogP contribution in [0.4, 0.5) is 0 Å². The van der Waals surface area contributed by atoms with Crippen molar-refractivity contribution in [3.05, 3.63) is 72.2 Å². The first-order chi connectivity index (χ1) is 18.3. The molecule has 4 rings (SSSR count). The lowest BCUT2D eigenvalue weighted by Gasteiger charge is -2.37. The van der Waals surface area contributed by atoms with E-state index in [1.165, 1.54) is 0 Å². The molecule has 2 aromatic heterocycles. The number of pyridine rings is 2. The number of benzene rings is 1. The molecule has 38 heavy (non-hydrogen) atoms. The normalized spacial score (nSPS) is 18.0. The fourth-order valence-electron chi connectivity index (χ4n) is 4.44. The van der Waals surface area contributed by atoms with Crippen LogP contribution < -0.4 is 9.47 Å². The van der Waals surface area contributed by atoms with Crippen molar-refractivity contribution in [2.45, 2.75) is 32.4 Å². The maximum absolute atomic E-state index is 13.7. The summed E-state index contributed by atoms with van der Waals surface area (Å²) in [5.74, 6) is 0.523. The van der Waals surface area contributed by atoms with E-state index in [0.29, 0.717) is 18.7 Å². The number of hydrogen-bond acceptors (Lipinski definition) is 7. The molecule has 0 spiro atoms. The minimum atomic E-state index is -0.416. The minimum Gasteiger partial charge on any atom is -0.497 e. The fourth-order valence-corrected chi connectivity index (χ4v) is 4.44. The molecule has 9 nitrogen and oxygen atoms in total. The second-order valence-electron chi connectivity index (χ2n) is 9.73. The number of aliphatic hydroxyl groups is 1. The summed E-state index contributed by atoms with van der Waals surface area (Å²) in [6.45, 7) is 4.31. The number of methoxy groups -OCH3 is 1. The van der Waals surface area contributed by atoms with Gasteiger partial charge in [-0.2, -0.15) is 0 Å². The van der Waals surface area contributed by atoms with E-state index in [9.17, 15) is 14.7 Å². The molecule has 3 aromatic rings. The molecule has 0 radical (unpaired) electrons. The van der Waals surface area contributed by atoms with E-state index in [4.69, 9.17) is 9.47 Å². The van der Waals surface area contributed by atoms with E-state index in [2.05, 4.69) is 9.97 Å². The van der Waals surface area contributed by atoms with Gasteiger partial charge in [0.2, 0.25) is 11.8 Å². The predicted molar refractivity (Wildman–Crippen MR) is 143 cm³/mol. The molecule has 2 amide bonds. The molecule has 3 heterocycles. The number of nitrogens with zero attached hydrogens (tertiary/aromatic N) is 4. The molecule has 1 aliphatic heterocycles. The van der Waals surface area contributed by atoms with Crippen molar-refractivity contribution >= 4 is 11.8 Å². The maximum Gasteiger partial charge on any atom is 0.259 e. The highest BCUT2D eigenvalue weighted by molar-refractivity contribution is 5.98. The van der Waals surface area contributed by atoms with Crippen LogP contribution in [0.3, 0.4) is 0 Å². The van der Waals surface area contributed by atoms with E-state index in [-0.39, 0.29) is 36.6 Å². The quantitative estimate of drug-likeness (QED) is 0.489. The van der Waals surface area contributed by atoms with Crippen LogP contribution >= 0.6 is 0 Å². The summed E-state index contributed by atoms with van der Waals surface area (Å²) >= 11 is 0. The number of carbonyl (C=O) groups is 2. The number of aliphatic hydroxyl groups excluding tert-OH is 1. The third-order valence-corrected chi connectivity index (χ3v) is 6.93. The van der Waals surface area contributed by atoms with Gasteiger partial charge in [-0.3, -0.25) is 14.6 Å². The zero-order chi connectivity index (χ0) is 27.2. The van der Waals surface area contributed by atoms with E-state index in [1.807, 2.05) is 50.2 Å². The van der Waals surface area contributed by atoms with Gasteiger partial charge in [0.05, 0.1) is 32.7 Å². The lowest BCUT2D eigenvalue weighted by molar-refractivity contribution is -0.130. The number of hydrogen-bond donors (Lipinski definition) is 1. The lowest BCUT2D eigenvalue weighted by Crippen LogP contribution is -2.50. The summed E-state index contributed by atoms with van der Waals surface area (Å²) in [7, 11) is 3.36. The van der Waals surface area contributed by atoms with Crippen LogP contribution in [-0.4, -0.2) is 82.7 Å². The molecular formula is C29H34N4O5. The Morgan fingerprint density at radius 2 is 1.92 bits per heavy atom. The molecule has 3 atom stereocenters. The van der Waals surface area contributed by atoms with Crippen LogP contribution in [0, 0.1) is 5.92 Å². The number of amides is 2. The molecule has 1 aromatic carbocycles. The Kier molecular flexibility index (Phi) is 8.58. The Morgan fingerprint density at radius 3 is 2.58 bits per heavy atom. The van der Waals surface area contributed by atoms with Crippen molar-refractivity contribution < 1.29 is 24.2 Å². The SMILES string of the molecule is COc1ccc(-c2cnc3c(c2)C(=O)N([C@H](C)CO)C[C@H](C)[C@H](CN(C)C(=O)Cc2ccncc2)O3)cc1. The smallest absolute Gasteiger partial charge is 0.259 e. The number of ether oxygens (including phenoxy) is 2. The largest absolute Gasteiger partial charge is 0.497 e.